The highest BCUT2D eigenvalue weighted by Crippen LogP contribution is 2.35. The van der Waals surface area contributed by atoms with Gasteiger partial charge in [-0.25, -0.2) is 0 Å². The third-order valence-corrected chi connectivity index (χ3v) is 4.08. The molecule has 4 nitrogen and oxygen atoms in total. The van der Waals surface area contributed by atoms with E-state index >= 15 is 0 Å². The number of likely N-dealkylation sites (N-methyl/N-ethyl adjacent to an activating group) is 1. The molecule has 3 rings (SSSR count). The number of ether oxygens (including phenoxy) is 1. The highest BCUT2D eigenvalue weighted by Gasteiger charge is 2.35. The van der Waals surface area contributed by atoms with Crippen LogP contribution >= 0.6 is 0 Å². The highest BCUT2D eigenvalue weighted by molar-refractivity contribution is 5.85. The molecule has 0 aromatic heterocycles. The summed E-state index contributed by atoms with van der Waals surface area (Å²) in [7, 11) is 0. The normalized spacial score (nSPS) is 22.1. The van der Waals surface area contributed by atoms with Gasteiger partial charge in [-0.2, -0.15) is 0 Å². The Morgan fingerprint density at radius 2 is 2.21 bits per heavy atom. The second-order valence-corrected chi connectivity index (χ2v) is 5.16. The van der Waals surface area contributed by atoms with Crippen LogP contribution < -0.4 is 10.1 Å². The van der Waals surface area contributed by atoms with E-state index in [1.807, 2.05) is 29.2 Å². The molecule has 0 aliphatic carbocycles. The van der Waals surface area contributed by atoms with E-state index in [1.54, 1.807) is 0 Å². The van der Waals surface area contributed by atoms with Gasteiger partial charge in [-0.15, -0.1) is 0 Å². The summed E-state index contributed by atoms with van der Waals surface area (Å²) in [6.45, 7) is 5.31. The van der Waals surface area contributed by atoms with Crippen molar-refractivity contribution in [2.45, 2.75) is 25.3 Å². The number of benzene rings is 1. The lowest BCUT2D eigenvalue weighted by Gasteiger charge is -2.40. The van der Waals surface area contributed by atoms with Crippen molar-refractivity contribution in [2.24, 2.45) is 0 Å². The molecule has 19 heavy (non-hydrogen) atoms. The largest absolute Gasteiger partial charge is 0.493 e. The van der Waals surface area contributed by atoms with Crippen molar-refractivity contribution < 1.29 is 9.53 Å². The van der Waals surface area contributed by atoms with Gasteiger partial charge in [0.2, 0.25) is 5.91 Å². The first-order valence-corrected chi connectivity index (χ1v) is 7.04. The first-order valence-electron chi connectivity index (χ1n) is 7.04. The Balaban J connectivity index is 1.83. The zero-order valence-electron chi connectivity index (χ0n) is 11.3. The Hall–Kier alpha value is -1.55. The van der Waals surface area contributed by atoms with Crippen LogP contribution in [0.25, 0.3) is 0 Å². The molecule has 0 saturated carbocycles. The summed E-state index contributed by atoms with van der Waals surface area (Å²) in [5.41, 5.74) is 1.05. The van der Waals surface area contributed by atoms with Gasteiger partial charge in [0.05, 0.1) is 18.6 Å². The number of carbonyl (C=O) groups is 1. The Morgan fingerprint density at radius 3 is 2.89 bits per heavy atom. The molecule has 0 bridgehead atoms. The van der Waals surface area contributed by atoms with Gasteiger partial charge in [-0.1, -0.05) is 18.2 Å². The summed E-state index contributed by atoms with van der Waals surface area (Å²) >= 11 is 0. The van der Waals surface area contributed by atoms with Crippen molar-refractivity contribution in [3.63, 3.8) is 0 Å². The third-order valence-electron chi connectivity index (χ3n) is 4.08. The minimum Gasteiger partial charge on any atom is -0.493 e. The van der Waals surface area contributed by atoms with E-state index in [-0.39, 0.29) is 11.8 Å². The van der Waals surface area contributed by atoms with Gasteiger partial charge in [0.15, 0.2) is 0 Å². The molecule has 1 fully saturated rings. The fraction of sp³-hybridized carbons (Fsp3) is 0.533. The first kappa shape index (κ1) is 12.5. The van der Waals surface area contributed by atoms with Crippen LogP contribution in [0.5, 0.6) is 5.75 Å². The van der Waals surface area contributed by atoms with Crippen molar-refractivity contribution in [1.29, 1.82) is 0 Å². The molecule has 1 saturated heterocycles. The minimum absolute atomic E-state index is 0.0366. The Morgan fingerprint density at radius 1 is 1.42 bits per heavy atom. The summed E-state index contributed by atoms with van der Waals surface area (Å²) in [6.07, 6.45) is 0.784. The maximum absolute atomic E-state index is 12.8. The van der Waals surface area contributed by atoms with E-state index in [4.69, 9.17) is 4.74 Å². The molecule has 2 aliphatic heterocycles. The van der Waals surface area contributed by atoms with Gasteiger partial charge in [-0.05, 0) is 19.4 Å². The number of rotatable bonds is 3. The van der Waals surface area contributed by atoms with Crippen LogP contribution in [0.3, 0.4) is 0 Å². The van der Waals surface area contributed by atoms with Gasteiger partial charge < -0.3 is 15.0 Å². The Kier molecular flexibility index (Phi) is 3.42. The van der Waals surface area contributed by atoms with Crippen LogP contribution in [-0.4, -0.2) is 43.1 Å². The summed E-state index contributed by atoms with van der Waals surface area (Å²) in [5, 5.41) is 3.23. The van der Waals surface area contributed by atoms with E-state index in [1.165, 1.54) is 0 Å². The van der Waals surface area contributed by atoms with Crippen molar-refractivity contribution in [3.8, 4) is 5.75 Å². The van der Waals surface area contributed by atoms with Gasteiger partial charge in [-0.3, -0.25) is 4.79 Å². The summed E-state index contributed by atoms with van der Waals surface area (Å²) in [4.78, 5) is 14.8. The van der Waals surface area contributed by atoms with E-state index in [2.05, 4.69) is 12.2 Å². The zero-order valence-corrected chi connectivity index (χ0v) is 11.3. The molecule has 0 radical (unpaired) electrons. The van der Waals surface area contributed by atoms with E-state index in [0.29, 0.717) is 12.6 Å². The molecular weight excluding hydrogens is 240 g/mol. The standard InChI is InChI=1S/C15H20N2O2/c1-2-17(11-9-16-10-11)15(18)13-7-8-19-14-6-4-3-5-12(13)14/h3-6,11,13,16H,2,7-10H2,1H3. The van der Waals surface area contributed by atoms with Crippen LogP contribution in [0.1, 0.15) is 24.8 Å². The topological polar surface area (TPSA) is 41.6 Å². The van der Waals surface area contributed by atoms with Crippen molar-refractivity contribution in [3.05, 3.63) is 29.8 Å². The molecule has 1 amide bonds. The smallest absolute Gasteiger partial charge is 0.230 e. The number of carbonyl (C=O) groups excluding carboxylic acids is 1. The number of amides is 1. The predicted molar refractivity (Wildman–Crippen MR) is 73.3 cm³/mol. The number of hydrogen-bond acceptors (Lipinski definition) is 3. The second-order valence-electron chi connectivity index (χ2n) is 5.16. The molecule has 1 aromatic rings. The lowest BCUT2D eigenvalue weighted by Crippen LogP contribution is -2.59. The average Bonchev–Trinajstić information content (AvgIpc) is 2.41. The van der Waals surface area contributed by atoms with E-state index in [9.17, 15) is 4.79 Å². The SMILES string of the molecule is CCN(C(=O)C1CCOc2ccccc21)C1CNC1. The number of para-hydroxylation sites is 1. The molecule has 0 spiro atoms. The van der Waals surface area contributed by atoms with Crippen molar-refractivity contribution in [2.75, 3.05) is 26.2 Å². The molecule has 2 aliphatic rings. The maximum atomic E-state index is 12.8. The van der Waals surface area contributed by atoms with Crippen molar-refractivity contribution >= 4 is 5.91 Å². The van der Waals surface area contributed by atoms with Gasteiger partial charge >= 0.3 is 0 Å². The molecule has 1 aromatic carbocycles. The lowest BCUT2D eigenvalue weighted by molar-refractivity contribution is -0.136. The minimum atomic E-state index is -0.0366. The van der Waals surface area contributed by atoms with Crippen LogP contribution in [0, 0.1) is 0 Å². The van der Waals surface area contributed by atoms with E-state index < -0.39 is 0 Å². The van der Waals surface area contributed by atoms with Gasteiger partial charge in [0.25, 0.3) is 0 Å². The Labute approximate surface area is 113 Å². The summed E-state index contributed by atoms with van der Waals surface area (Å²) in [6, 6.07) is 8.28. The van der Waals surface area contributed by atoms with Crippen LogP contribution in [0.15, 0.2) is 24.3 Å². The number of hydrogen-bond donors (Lipinski definition) is 1. The molecule has 102 valence electrons. The van der Waals surface area contributed by atoms with Gasteiger partial charge in [0, 0.05) is 25.2 Å². The molecular formula is C15H20N2O2. The average molecular weight is 260 g/mol. The fourth-order valence-corrected chi connectivity index (χ4v) is 2.89. The van der Waals surface area contributed by atoms with Crippen LogP contribution in [0.2, 0.25) is 0 Å². The zero-order chi connectivity index (χ0) is 13.2. The maximum Gasteiger partial charge on any atom is 0.230 e. The summed E-state index contributed by atoms with van der Waals surface area (Å²) < 4.78 is 5.63. The van der Waals surface area contributed by atoms with Crippen LogP contribution in [0.4, 0.5) is 0 Å². The van der Waals surface area contributed by atoms with Crippen LogP contribution in [-0.2, 0) is 4.79 Å². The lowest BCUT2D eigenvalue weighted by atomic mass is 9.91. The number of fused-ring (bicyclic) bond motifs is 1. The molecule has 1 atom stereocenters. The number of nitrogens with one attached hydrogen (secondary N) is 1. The first-order chi connectivity index (χ1) is 9.31. The van der Waals surface area contributed by atoms with E-state index in [0.717, 1.165) is 37.4 Å². The third kappa shape index (κ3) is 2.21. The fourth-order valence-electron chi connectivity index (χ4n) is 2.89. The molecule has 1 unspecified atom stereocenters. The molecule has 2 heterocycles. The van der Waals surface area contributed by atoms with Crippen molar-refractivity contribution in [1.82, 2.24) is 10.2 Å². The second kappa shape index (κ2) is 5.21. The number of nitrogens with zero attached hydrogens (tertiary/aromatic N) is 1. The highest BCUT2D eigenvalue weighted by atomic mass is 16.5. The summed E-state index contributed by atoms with van der Waals surface area (Å²) in [5.74, 6) is 1.09. The van der Waals surface area contributed by atoms with Gasteiger partial charge in [0.1, 0.15) is 5.75 Å². The monoisotopic (exact) mass is 260 g/mol. The predicted octanol–water partition coefficient (Wildman–Crippen LogP) is 1.37. The quantitative estimate of drug-likeness (QED) is 0.892. The Bertz CT molecular complexity index is 471. The molecule has 1 N–H and O–H groups in total. The molecule has 4 heteroatoms.